The van der Waals surface area contributed by atoms with Gasteiger partial charge in [-0.1, -0.05) is 0 Å². The molecule has 0 spiro atoms. The van der Waals surface area contributed by atoms with Gasteiger partial charge in [-0.2, -0.15) is 0 Å². The third-order valence-corrected chi connectivity index (χ3v) is 1.66. The molecule has 2 unspecified atom stereocenters. The van der Waals surface area contributed by atoms with E-state index in [9.17, 15) is 4.79 Å². The molecule has 0 aliphatic heterocycles. The van der Waals surface area contributed by atoms with E-state index in [1.165, 1.54) is 20.8 Å². The maximum Gasteiger partial charge on any atom is 0.157 e. The van der Waals surface area contributed by atoms with E-state index in [1.807, 2.05) is 20.8 Å². The van der Waals surface area contributed by atoms with Crippen LogP contribution in [-0.4, -0.2) is 59.4 Å². The molecule has 2 atom stereocenters. The normalized spacial score (nSPS) is 12.7. The Kier molecular flexibility index (Phi) is 21.7. The topological polar surface area (TPSA) is 96.2 Å². The first kappa shape index (κ1) is 23.6. The van der Waals surface area contributed by atoms with Gasteiger partial charge in [0.1, 0.15) is 6.10 Å². The number of rotatable bonds is 6. The number of hydrogen-bond donors (Lipinski definition) is 3. The van der Waals surface area contributed by atoms with Crippen LogP contribution in [-0.2, 0) is 14.3 Å². The smallest absolute Gasteiger partial charge is 0.157 e. The van der Waals surface area contributed by atoms with Crippen LogP contribution in [0.1, 0.15) is 41.5 Å². The Hall–Kier alpha value is -0.530. The van der Waals surface area contributed by atoms with Crippen LogP contribution in [0.2, 0.25) is 0 Å². The Morgan fingerprint density at radius 2 is 1.32 bits per heavy atom. The highest BCUT2D eigenvalue weighted by molar-refractivity contribution is 5.79. The minimum atomic E-state index is -0.787. The Labute approximate surface area is 116 Å². The van der Waals surface area contributed by atoms with Crippen LogP contribution in [0.25, 0.3) is 0 Å². The van der Waals surface area contributed by atoms with E-state index in [2.05, 4.69) is 0 Å². The summed E-state index contributed by atoms with van der Waals surface area (Å²) in [6.45, 7) is 11.4. The molecule has 0 aliphatic carbocycles. The van der Waals surface area contributed by atoms with Crippen molar-refractivity contribution in [3.8, 4) is 0 Å². The van der Waals surface area contributed by atoms with E-state index in [4.69, 9.17) is 24.8 Å². The summed E-state index contributed by atoms with van der Waals surface area (Å²) in [6.07, 6.45) is -1.38. The van der Waals surface area contributed by atoms with Crippen LogP contribution in [0, 0.1) is 0 Å². The van der Waals surface area contributed by atoms with Crippen molar-refractivity contribution >= 4 is 5.78 Å². The maximum atomic E-state index is 9.89. The Bertz CT molecular complexity index is 176. The molecule has 0 saturated carbocycles. The number of aliphatic hydroxyl groups excluding tert-OH is 3. The summed E-state index contributed by atoms with van der Waals surface area (Å²) in [5, 5.41) is 24.3. The van der Waals surface area contributed by atoms with E-state index < -0.39 is 12.2 Å². The van der Waals surface area contributed by atoms with Crippen molar-refractivity contribution < 1.29 is 29.6 Å². The molecule has 19 heavy (non-hydrogen) atoms. The number of ketones is 1. The zero-order valence-electron chi connectivity index (χ0n) is 12.9. The number of carbonyl (C=O) groups excluding carboxylic acids is 1. The van der Waals surface area contributed by atoms with E-state index in [0.29, 0.717) is 0 Å². The van der Waals surface area contributed by atoms with Gasteiger partial charge in [0, 0.05) is 13.2 Å². The van der Waals surface area contributed by atoms with Crippen LogP contribution in [0.4, 0.5) is 0 Å². The van der Waals surface area contributed by atoms with E-state index in [-0.39, 0.29) is 18.7 Å². The molecule has 118 valence electrons. The molecule has 6 nitrogen and oxygen atoms in total. The zero-order chi connectivity index (χ0) is 15.8. The second-order valence-corrected chi connectivity index (χ2v) is 3.80. The molecule has 0 radical (unpaired) electrons. The highest BCUT2D eigenvalue weighted by Gasteiger charge is 1.97. The Morgan fingerprint density at radius 1 is 1.05 bits per heavy atom. The monoisotopic (exact) mass is 282 g/mol. The SMILES string of the molecule is CC(=O)C(C)O.CC(O)CO.CCOC(C)OCC. The largest absolute Gasteiger partial charge is 0.394 e. The van der Waals surface area contributed by atoms with Crippen molar-refractivity contribution in [2.24, 2.45) is 0 Å². The molecular formula is C13H30O6. The molecule has 0 rings (SSSR count). The predicted molar refractivity (Wildman–Crippen MR) is 73.8 cm³/mol. The van der Waals surface area contributed by atoms with E-state index in [1.54, 1.807) is 0 Å². The lowest BCUT2D eigenvalue weighted by Crippen LogP contribution is -2.11. The maximum absolute atomic E-state index is 9.89. The summed E-state index contributed by atoms with van der Waals surface area (Å²) in [4.78, 5) is 9.89. The van der Waals surface area contributed by atoms with Crippen molar-refractivity contribution in [3.05, 3.63) is 0 Å². The fourth-order valence-corrected chi connectivity index (χ4v) is 0.518. The fourth-order valence-electron chi connectivity index (χ4n) is 0.518. The zero-order valence-corrected chi connectivity index (χ0v) is 12.9. The number of ether oxygens (including phenoxy) is 2. The highest BCUT2D eigenvalue weighted by Crippen LogP contribution is 1.90. The Balaban J connectivity index is -0.000000209. The summed E-state index contributed by atoms with van der Waals surface area (Å²) >= 11 is 0. The second kappa shape index (κ2) is 17.5. The molecule has 0 aromatic heterocycles. The lowest BCUT2D eigenvalue weighted by atomic mass is 10.3. The lowest BCUT2D eigenvalue weighted by molar-refractivity contribution is -0.124. The summed E-state index contributed by atoms with van der Waals surface area (Å²) in [7, 11) is 0. The van der Waals surface area contributed by atoms with Gasteiger partial charge in [-0.25, -0.2) is 0 Å². The predicted octanol–water partition coefficient (Wildman–Crippen LogP) is 0.721. The van der Waals surface area contributed by atoms with Gasteiger partial charge in [0.2, 0.25) is 0 Å². The summed E-state index contributed by atoms with van der Waals surface area (Å²) in [5.41, 5.74) is 0. The molecular weight excluding hydrogens is 252 g/mol. The molecule has 6 heteroatoms. The van der Waals surface area contributed by atoms with Gasteiger partial charge in [0.05, 0.1) is 12.7 Å². The van der Waals surface area contributed by atoms with Gasteiger partial charge < -0.3 is 24.8 Å². The fraction of sp³-hybridized carbons (Fsp3) is 0.923. The number of Topliss-reactive ketones (excluding diaryl/α,β-unsaturated/α-hetero) is 1. The molecule has 0 heterocycles. The standard InChI is InChI=1S/C6H14O2.C4H8O2.C3H8O2/c1-4-7-6(3)8-5-2;1-3(5)4(2)6;1-3(5)2-4/h6H,4-5H2,1-3H3;3,5H,1-2H3;3-5H,2H2,1H3. The van der Waals surface area contributed by atoms with Gasteiger partial charge in [-0.3, -0.25) is 4.79 Å². The third-order valence-electron chi connectivity index (χ3n) is 1.66. The van der Waals surface area contributed by atoms with E-state index in [0.717, 1.165) is 13.2 Å². The first-order valence-corrected chi connectivity index (χ1v) is 6.43. The van der Waals surface area contributed by atoms with Crippen molar-refractivity contribution in [2.45, 2.75) is 60.0 Å². The first-order chi connectivity index (χ1) is 8.72. The van der Waals surface area contributed by atoms with Gasteiger partial charge in [0.25, 0.3) is 0 Å². The molecule has 3 N–H and O–H groups in total. The van der Waals surface area contributed by atoms with Crippen molar-refractivity contribution in [2.75, 3.05) is 19.8 Å². The lowest BCUT2D eigenvalue weighted by Gasteiger charge is -2.09. The van der Waals surface area contributed by atoms with E-state index >= 15 is 0 Å². The highest BCUT2D eigenvalue weighted by atomic mass is 16.7. The van der Waals surface area contributed by atoms with Crippen LogP contribution in [0.5, 0.6) is 0 Å². The third kappa shape index (κ3) is 31.8. The quantitative estimate of drug-likeness (QED) is 0.621. The van der Waals surface area contributed by atoms with Gasteiger partial charge in [-0.05, 0) is 41.5 Å². The molecule has 0 aliphatic rings. The average Bonchev–Trinajstić information content (AvgIpc) is 2.31. The summed E-state index contributed by atoms with van der Waals surface area (Å²) in [5.74, 6) is -0.185. The molecule has 0 fully saturated rings. The molecule has 0 bridgehead atoms. The van der Waals surface area contributed by atoms with Crippen LogP contribution < -0.4 is 0 Å². The van der Waals surface area contributed by atoms with Crippen molar-refractivity contribution in [3.63, 3.8) is 0 Å². The minimum absolute atomic E-state index is 0.0370. The van der Waals surface area contributed by atoms with Crippen LogP contribution >= 0.6 is 0 Å². The second-order valence-electron chi connectivity index (χ2n) is 3.80. The molecule has 0 aromatic carbocycles. The molecule has 0 saturated heterocycles. The molecule has 0 aromatic rings. The summed E-state index contributed by atoms with van der Waals surface area (Å²) in [6, 6.07) is 0. The van der Waals surface area contributed by atoms with Gasteiger partial charge in [-0.15, -0.1) is 0 Å². The average molecular weight is 282 g/mol. The number of carbonyl (C=O) groups is 1. The van der Waals surface area contributed by atoms with Crippen LogP contribution in [0.15, 0.2) is 0 Å². The summed E-state index contributed by atoms with van der Waals surface area (Å²) < 4.78 is 10.1. The Morgan fingerprint density at radius 3 is 1.42 bits per heavy atom. The molecule has 0 amide bonds. The number of aliphatic hydroxyl groups is 3. The number of hydrogen-bond acceptors (Lipinski definition) is 6. The van der Waals surface area contributed by atoms with Crippen molar-refractivity contribution in [1.82, 2.24) is 0 Å². The van der Waals surface area contributed by atoms with Gasteiger partial charge >= 0.3 is 0 Å². The van der Waals surface area contributed by atoms with Crippen molar-refractivity contribution in [1.29, 1.82) is 0 Å². The van der Waals surface area contributed by atoms with Gasteiger partial charge in [0.15, 0.2) is 12.1 Å². The van der Waals surface area contributed by atoms with Crippen LogP contribution in [0.3, 0.4) is 0 Å². The minimum Gasteiger partial charge on any atom is -0.394 e. The first-order valence-electron chi connectivity index (χ1n) is 6.43.